The summed E-state index contributed by atoms with van der Waals surface area (Å²) in [5.74, 6) is -0.908. The zero-order valence-corrected chi connectivity index (χ0v) is 12.6. The van der Waals surface area contributed by atoms with Crippen molar-refractivity contribution < 1.29 is 14.6 Å². The molecule has 1 rings (SSSR count). The minimum absolute atomic E-state index is 0.0566. The van der Waals surface area contributed by atoms with E-state index in [4.69, 9.17) is 4.74 Å². The van der Waals surface area contributed by atoms with E-state index in [1.165, 1.54) is 0 Å². The lowest BCUT2D eigenvalue weighted by Crippen LogP contribution is -2.53. The number of hydrogen-bond donors (Lipinski definition) is 2. The quantitative estimate of drug-likeness (QED) is 0.730. The van der Waals surface area contributed by atoms with Crippen molar-refractivity contribution in [1.82, 2.24) is 5.32 Å². The van der Waals surface area contributed by atoms with Crippen LogP contribution in [0.3, 0.4) is 0 Å². The van der Waals surface area contributed by atoms with Gasteiger partial charge in [-0.05, 0) is 25.5 Å². The molecule has 0 saturated heterocycles. The molecule has 0 heterocycles. The predicted octanol–water partition coefficient (Wildman–Crippen LogP) is 2.78. The highest BCUT2D eigenvalue weighted by atomic mass is 16.5. The van der Waals surface area contributed by atoms with Crippen molar-refractivity contribution in [3.8, 4) is 0 Å². The van der Waals surface area contributed by atoms with Crippen LogP contribution < -0.4 is 5.32 Å². The summed E-state index contributed by atoms with van der Waals surface area (Å²) in [7, 11) is 0. The highest BCUT2D eigenvalue weighted by Gasteiger charge is 2.40. The van der Waals surface area contributed by atoms with E-state index in [0.717, 1.165) is 18.4 Å². The van der Waals surface area contributed by atoms with E-state index in [1.807, 2.05) is 44.2 Å². The van der Waals surface area contributed by atoms with Gasteiger partial charge in [-0.2, -0.15) is 0 Å². The second kappa shape index (κ2) is 8.02. The smallest absolute Gasteiger partial charge is 0.331 e. The van der Waals surface area contributed by atoms with E-state index in [1.54, 1.807) is 0 Å². The molecule has 112 valence electrons. The second-order valence-corrected chi connectivity index (χ2v) is 5.02. The third kappa shape index (κ3) is 4.05. The first-order valence-electron chi connectivity index (χ1n) is 7.22. The Bertz CT molecular complexity index is 407. The first-order chi connectivity index (χ1) is 9.56. The van der Waals surface area contributed by atoms with Gasteiger partial charge in [0.2, 0.25) is 0 Å². The molecule has 4 heteroatoms. The lowest BCUT2D eigenvalue weighted by molar-refractivity contribution is -0.149. The summed E-state index contributed by atoms with van der Waals surface area (Å²) in [6.07, 6.45) is 2.01. The Kier molecular flexibility index (Phi) is 6.68. The van der Waals surface area contributed by atoms with Gasteiger partial charge in [0.15, 0.2) is 5.54 Å². The summed E-state index contributed by atoms with van der Waals surface area (Å²) in [4.78, 5) is 11.8. The summed E-state index contributed by atoms with van der Waals surface area (Å²) in [5, 5.41) is 12.8. The first-order valence-corrected chi connectivity index (χ1v) is 7.22. The molecule has 2 N–H and O–H groups in total. The fourth-order valence-electron chi connectivity index (χ4n) is 2.28. The van der Waals surface area contributed by atoms with Gasteiger partial charge < -0.3 is 9.84 Å². The summed E-state index contributed by atoms with van der Waals surface area (Å²) < 4.78 is 5.77. The van der Waals surface area contributed by atoms with Gasteiger partial charge in [0, 0.05) is 0 Å². The van der Waals surface area contributed by atoms with Gasteiger partial charge >= 0.3 is 5.97 Å². The molecule has 0 amide bonds. The Hall–Kier alpha value is -1.39. The Balaban J connectivity index is 2.97. The van der Waals surface area contributed by atoms with Gasteiger partial charge in [0.1, 0.15) is 0 Å². The molecule has 1 aromatic rings. The maximum absolute atomic E-state index is 11.8. The van der Waals surface area contributed by atoms with Crippen LogP contribution in [0.15, 0.2) is 30.3 Å². The van der Waals surface area contributed by atoms with E-state index >= 15 is 0 Å². The zero-order chi connectivity index (χ0) is 15.0. The number of benzene rings is 1. The fourth-order valence-corrected chi connectivity index (χ4v) is 2.28. The summed E-state index contributed by atoms with van der Waals surface area (Å²) in [5.41, 5.74) is -0.462. The zero-order valence-electron chi connectivity index (χ0n) is 12.6. The van der Waals surface area contributed by atoms with Crippen LogP contribution in [-0.4, -0.2) is 30.3 Å². The van der Waals surface area contributed by atoms with Crippen LogP contribution in [0.4, 0.5) is 0 Å². The summed E-state index contributed by atoms with van der Waals surface area (Å²) >= 11 is 0. The number of aliphatic carboxylic acids is 1. The standard InChI is InChI=1S/C16H25NO3/c1-4-9-13(3)20-12-16(15(18)19,17-5-2)14-10-7-6-8-11-14/h6-8,10-11,13,17H,4-5,9,12H2,1-3H3,(H,18,19). The van der Waals surface area contributed by atoms with Crippen molar-refractivity contribution in [1.29, 1.82) is 0 Å². The number of ether oxygens (including phenoxy) is 1. The van der Waals surface area contributed by atoms with Gasteiger partial charge in [-0.1, -0.05) is 50.6 Å². The summed E-state index contributed by atoms with van der Waals surface area (Å²) in [6.45, 7) is 6.66. The summed E-state index contributed by atoms with van der Waals surface area (Å²) in [6, 6.07) is 9.22. The molecule has 0 aliphatic rings. The molecule has 0 fully saturated rings. The molecule has 2 unspecified atom stereocenters. The van der Waals surface area contributed by atoms with Gasteiger partial charge in [-0.15, -0.1) is 0 Å². The number of hydrogen-bond acceptors (Lipinski definition) is 3. The molecule has 4 nitrogen and oxygen atoms in total. The van der Waals surface area contributed by atoms with E-state index in [9.17, 15) is 9.90 Å². The minimum Gasteiger partial charge on any atom is -0.480 e. The van der Waals surface area contributed by atoms with Crippen LogP contribution in [0.25, 0.3) is 0 Å². The Labute approximate surface area is 121 Å². The molecule has 0 aromatic heterocycles. The number of likely N-dealkylation sites (N-methyl/N-ethyl adjacent to an activating group) is 1. The van der Waals surface area contributed by atoms with Crippen molar-refractivity contribution in [2.75, 3.05) is 13.2 Å². The van der Waals surface area contributed by atoms with Crippen molar-refractivity contribution in [3.05, 3.63) is 35.9 Å². The Morgan fingerprint density at radius 1 is 1.35 bits per heavy atom. The van der Waals surface area contributed by atoms with Crippen LogP contribution in [0.1, 0.15) is 39.2 Å². The largest absolute Gasteiger partial charge is 0.480 e. The molecule has 0 bridgehead atoms. The third-order valence-electron chi connectivity index (χ3n) is 3.39. The van der Waals surface area contributed by atoms with E-state index in [0.29, 0.717) is 6.54 Å². The maximum atomic E-state index is 11.8. The van der Waals surface area contributed by atoms with Gasteiger partial charge in [-0.3, -0.25) is 5.32 Å². The lowest BCUT2D eigenvalue weighted by Gasteiger charge is -2.31. The minimum atomic E-state index is -1.18. The first kappa shape index (κ1) is 16.7. The molecular weight excluding hydrogens is 254 g/mol. The van der Waals surface area contributed by atoms with Crippen LogP contribution in [-0.2, 0) is 15.1 Å². The average Bonchev–Trinajstić information content (AvgIpc) is 2.44. The normalized spacial score (nSPS) is 15.6. The Morgan fingerprint density at radius 2 is 2.00 bits per heavy atom. The average molecular weight is 279 g/mol. The molecule has 20 heavy (non-hydrogen) atoms. The number of rotatable bonds is 9. The van der Waals surface area contributed by atoms with Crippen LogP contribution in [0, 0.1) is 0 Å². The predicted molar refractivity (Wildman–Crippen MR) is 79.8 cm³/mol. The topological polar surface area (TPSA) is 58.6 Å². The molecule has 2 atom stereocenters. The third-order valence-corrected chi connectivity index (χ3v) is 3.39. The molecule has 1 aromatic carbocycles. The molecule has 0 aliphatic carbocycles. The second-order valence-electron chi connectivity index (χ2n) is 5.02. The number of nitrogens with one attached hydrogen (secondary N) is 1. The highest BCUT2D eigenvalue weighted by molar-refractivity contribution is 5.81. The SMILES string of the molecule is CCCC(C)OCC(NCC)(C(=O)O)c1ccccc1. The number of carbonyl (C=O) groups is 1. The Morgan fingerprint density at radius 3 is 2.50 bits per heavy atom. The maximum Gasteiger partial charge on any atom is 0.331 e. The van der Waals surface area contributed by atoms with Crippen LogP contribution in [0.2, 0.25) is 0 Å². The molecule has 0 radical (unpaired) electrons. The van der Waals surface area contributed by atoms with Gasteiger partial charge in [0.05, 0.1) is 12.7 Å². The van der Waals surface area contributed by atoms with Gasteiger partial charge in [0.25, 0.3) is 0 Å². The highest BCUT2D eigenvalue weighted by Crippen LogP contribution is 2.23. The molecule has 0 spiro atoms. The van der Waals surface area contributed by atoms with E-state index in [-0.39, 0.29) is 12.7 Å². The molecular formula is C16H25NO3. The van der Waals surface area contributed by atoms with Crippen molar-refractivity contribution >= 4 is 5.97 Å². The van der Waals surface area contributed by atoms with Gasteiger partial charge in [-0.25, -0.2) is 4.79 Å². The van der Waals surface area contributed by atoms with E-state index in [2.05, 4.69) is 12.2 Å². The molecule has 0 saturated carbocycles. The number of carboxylic acids is 1. The number of carboxylic acid groups (broad SMARTS) is 1. The van der Waals surface area contributed by atoms with Crippen molar-refractivity contribution in [2.45, 2.75) is 45.3 Å². The monoisotopic (exact) mass is 279 g/mol. The van der Waals surface area contributed by atoms with Crippen LogP contribution >= 0.6 is 0 Å². The lowest BCUT2D eigenvalue weighted by atomic mass is 9.90. The van der Waals surface area contributed by atoms with Crippen LogP contribution in [0.5, 0.6) is 0 Å². The van der Waals surface area contributed by atoms with E-state index < -0.39 is 11.5 Å². The molecule has 0 aliphatic heterocycles. The van der Waals surface area contributed by atoms with Crippen molar-refractivity contribution in [2.24, 2.45) is 0 Å². The fraction of sp³-hybridized carbons (Fsp3) is 0.562. The van der Waals surface area contributed by atoms with Crippen molar-refractivity contribution in [3.63, 3.8) is 0 Å².